The van der Waals surface area contributed by atoms with E-state index in [-0.39, 0.29) is 11.3 Å². The molecule has 2 aromatic rings. The van der Waals surface area contributed by atoms with Gasteiger partial charge in [-0.15, -0.1) is 0 Å². The summed E-state index contributed by atoms with van der Waals surface area (Å²) in [4.78, 5) is 11.0. The standard InChI is InChI=1S/C14H11BrFNO2/c15-10-4-1-3-9(7-10)8-17-12-6-2-5-11(16)13(12)14(18)19/h1-7,17H,8H2,(H,18,19). The molecule has 0 radical (unpaired) electrons. The molecule has 2 N–H and O–H groups in total. The number of rotatable bonds is 4. The van der Waals surface area contributed by atoms with Gasteiger partial charge < -0.3 is 10.4 Å². The van der Waals surface area contributed by atoms with Crippen LogP contribution in [0.4, 0.5) is 10.1 Å². The van der Waals surface area contributed by atoms with Crippen molar-refractivity contribution < 1.29 is 14.3 Å². The van der Waals surface area contributed by atoms with Gasteiger partial charge in [0.05, 0.1) is 5.69 Å². The molecular formula is C14H11BrFNO2. The second-order valence-corrected chi connectivity index (χ2v) is 4.87. The normalized spacial score (nSPS) is 10.2. The lowest BCUT2D eigenvalue weighted by Gasteiger charge is -2.10. The van der Waals surface area contributed by atoms with E-state index in [1.165, 1.54) is 6.07 Å². The van der Waals surface area contributed by atoms with E-state index in [2.05, 4.69) is 21.2 Å². The first-order valence-electron chi connectivity index (χ1n) is 5.58. The highest BCUT2D eigenvalue weighted by Crippen LogP contribution is 2.20. The van der Waals surface area contributed by atoms with E-state index in [0.29, 0.717) is 6.54 Å². The van der Waals surface area contributed by atoms with E-state index in [1.807, 2.05) is 24.3 Å². The average Bonchev–Trinajstić information content (AvgIpc) is 2.36. The number of aromatic carboxylic acids is 1. The Morgan fingerprint density at radius 3 is 2.68 bits per heavy atom. The van der Waals surface area contributed by atoms with Crippen molar-refractivity contribution in [2.75, 3.05) is 5.32 Å². The number of carboxylic acids is 1. The lowest BCUT2D eigenvalue weighted by atomic mass is 10.1. The summed E-state index contributed by atoms with van der Waals surface area (Å²) in [6.07, 6.45) is 0. The fourth-order valence-electron chi connectivity index (χ4n) is 1.73. The van der Waals surface area contributed by atoms with E-state index < -0.39 is 11.8 Å². The highest BCUT2D eigenvalue weighted by molar-refractivity contribution is 9.10. The minimum Gasteiger partial charge on any atom is -0.478 e. The zero-order valence-electron chi connectivity index (χ0n) is 9.86. The Bertz CT molecular complexity index is 616. The largest absolute Gasteiger partial charge is 0.478 e. The summed E-state index contributed by atoms with van der Waals surface area (Å²) >= 11 is 3.36. The first kappa shape index (κ1) is 13.5. The van der Waals surface area contributed by atoms with Crippen molar-refractivity contribution in [2.45, 2.75) is 6.54 Å². The van der Waals surface area contributed by atoms with Crippen LogP contribution in [0.5, 0.6) is 0 Å². The van der Waals surface area contributed by atoms with Gasteiger partial charge in [-0.25, -0.2) is 9.18 Å². The minimum atomic E-state index is -1.28. The van der Waals surface area contributed by atoms with Crippen LogP contribution in [0.15, 0.2) is 46.9 Å². The van der Waals surface area contributed by atoms with Gasteiger partial charge in [0.2, 0.25) is 0 Å². The van der Waals surface area contributed by atoms with Crippen LogP contribution >= 0.6 is 15.9 Å². The summed E-state index contributed by atoms with van der Waals surface area (Å²) < 4.78 is 14.4. The Kier molecular flexibility index (Phi) is 4.16. The van der Waals surface area contributed by atoms with Gasteiger partial charge in [-0.3, -0.25) is 0 Å². The Hall–Kier alpha value is -1.88. The van der Waals surface area contributed by atoms with Gasteiger partial charge in [0.25, 0.3) is 0 Å². The van der Waals surface area contributed by atoms with Gasteiger partial charge in [-0.05, 0) is 29.8 Å². The summed E-state index contributed by atoms with van der Waals surface area (Å²) in [7, 11) is 0. The molecule has 0 aromatic heterocycles. The van der Waals surface area contributed by atoms with Gasteiger partial charge >= 0.3 is 5.97 Å². The van der Waals surface area contributed by atoms with Gasteiger partial charge in [0.15, 0.2) is 0 Å². The number of halogens is 2. The lowest BCUT2D eigenvalue weighted by molar-refractivity contribution is 0.0693. The predicted molar refractivity (Wildman–Crippen MR) is 74.8 cm³/mol. The number of benzene rings is 2. The highest BCUT2D eigenvalue weighted by atomic mass is 79.9. The van der Waals surface area contributed by atoms with E-state index in [9.17, 15) is 9.18 Å². The third-order valence-corrected chi connectivity index (χ3v) is 3.09. The third-order valence-electron chi connectivity index (χ3n) is 2.60. The van der Waals surface area contributed by atoms with Gasteiger partial charge in [0.1, 0.15) is 11.4 Å². The first-order valence-corrected chi connectivity index (χ1v) is 6.37. The maximum atomic E-state index is 13.5. The molecule has 19 heavy (non-hydrogen) atoms. The number of nitrogens with one attached hydrogen (secondary N) is 1. The zero-order valence-corrected chi connectivity index (χ0v) is 11.4. The van der Waals surface area contributed by atoms with E-state index in [1.54, 1.807) is 6.07 Å². The number of hydrogen-bond donors (Lipinski definition) is 2. The van der Waals surface area contributed by atoms with E-state index in [0.717, 1.165) is 16.1 Å². The molecule has 0 bridgehead atoms. The molecule has 98 valence electrons. The molecule has 0 aliphatic carbocycles. The predicted octanol–water partition coefficient (Wildman–Crippen LogP) is 3.90. The molecule has 0 fully saturated rings. The Morgan fingerprint density at radius 1 is 1.26 bits per heavy atom. The number of anilines is 1. The van der Waals surface area contributed by atoms with E-state index in [4.69, 9.17) is 5.11 Å². The molecule has 0 unspecified atom stereocenters. The zero-order chi connectivity index (χ0) is 13.8. The summed E-state index contributed by atoms with van der Waals surface area (Å²) in [6.45, 7) is 0.420. The maximum Gasteiger partial charge on any atom is 0.340 e. The average molecular weight is 324 g/mol. The molecule has 0 heterocycles. The van der Waals surface area contributed by atoms with Crippen LogP contribution in [0.25, 0.3) is 0 Å². The van der Waals surface area contributed by atoms with Crippen LogP contribution in [-0.2, 0) is 6.54 Å². The van der Waals surface area contributed by atoms with Crippen molar-refractivity contribution in [3.05, 3.63) is 63.9 Å². The lowest BCUT2D eigenvalue weighted by Crippen LogP contribution is -2.08. The molecule has 0 atom stereocenters. The van der Waals surface area contributed by atoms with Crippen molar-refractivity contribution in [3.63, 3.8) is 0 Å². The molecule has 0 aliphatic rings. The molecule has 2 aromatic carbocycles. The van der Waals surface area contributed by atoms with Gasteiger partial charge in [-0.2, -0.15) is 0 Å². The quantitative estimate of drug-likeness (QED) is 0.897. The van der Waals surface area contributed by atoms with Crippen LogP contribution in [0.2, 0.25) is 0 Å². The maximum absolute atomic E-state index is 13.5. The van der Waals surface area contributed by atoms with Crippen LogP contribution in [-0.4, -0.2) is 11.1 Å². The molecule has 0 saturated carbocycles. The van der Waals surface area contributed by atoms with Crippen LogP contribution in [0, 0.1) is 5.82 Å². The van der Waals surface area contributed by atoms with Crippen LogP contribution in [0.1, 0.15) is 15.9 Å². The highest BCUT2D eigenvalue weighted by Gasteiger charge is 2.15. The molecule has 0 saturated heterocycles. The van der Waals surface area contributed by atoms with Crippen molar-refractivity contribution in [1.82, 2.24) is 0 Å². The second kappa shape index (κ2) is 5.84. The van der Waals surface area contributed by atoms with Crippen molar-refractivity contribution in [3.8, 4) is 0 Å². The van der Waals surface area contributed by atoms with Crippen molar-refractivity contribution >= 4 is 27.6 Å². The first-order chi connectivity index (χ1) is 9.08. The van der Waals surface area contributed by atoms with Gasteiger partial charge in [0, 0.05) is 11.0 Å². The van der Waals surface area contributed by atoms with Crippen LogP contribution < -0.4 is 5.32 Å². The minimum absolute atomic E-state index is 0.271. The summed E-state index contributed by atoms with van der Waals surface area (Å²) in [6, 6.07) is 11.7. The van der Waals surface area contributed by atoms with Crippen LogP contribution in [0.3, 0.4) is 0 Å². The smallest absolute Gasteiger partial charge is 0.340 e. The molecular weight excluding hydrogens is 313 g/mol. The molecule has 0 amide bonds. The molecule has 0 spiro atoms. The van der Waals surface area contributed by atoms with Crippen molar-refractivity contribution in [2.24, 2.45) is 0 Å². The number of carboxylic acid groups (broad SMARTS) is 1. The summed E-state index contributed by atoms with van der Waals surface area (Å²) in [5, 5.41) is 11.9. The Morgan fingerprint density at radius 2 is 2.00 bits per heavy atom. The molecule has 0 aliphatic heterocycles. The summed E-state index contributed by atoms with van der Waals surface area (Å²) in [5.41, 5.74) is 0.903. The van der Waals surface area contributed by atoms with E-state index >= 15 is 0 Å². The fourth-order valence-corrected chi connectivity index (χ4v) is 2.18. The number of carbonyl (C=O) groups is 1. The SMILES string of the molecule is O=C(O)c1c(F)cccc1NCc1cccc(Br)c1. The fraction of sp³-hybridized carbons (Fsp3) is 0.0714. The summed E-state index contributed by atoms with van der Waals surface area (Å²) in [5.74, 6) is -2.03. The van der Waals surface area contributed by atoms with Crippen molar-refractivity contribution in [1.29, 1.82) is 0 Å². The van der Waals surface area contributed by atoms with Gasteiger partial charge in [-0.1, -0.05) is 34.1 Å². The topological polar surface area (TPSA) is 49.3 Å². The molecule has 3 nitrogen and oxygen atoms in total. The second-order valence-electron chi connectivity index (χ2n) is 3.95. The third kappa shape index (κ3) is 3.32. The molecule has 2 rings (SSSR count). The monoisotopic (exact) mass is 323 g/mol. The number of hydrogen-bond acceptors (Lipinski definition) is 2. The molecule has 5 heteroatoms. The Labute approximate surface area is 118 Å². The Balaban J connectivity index is 2.20.